The molecule has 25 heavy (non-hydrogen) atoms. The van der Waals surface area contributed by atoms with Crippen molar-refractivity contribution in [3.63, 3.8) is 0 Å². The van der Waals surface area contributed by atoms with Crippen LogP contribution in [0.4, 0.5) is 0 Å². The van der Waals surface area contributed by atoms with Crippen LogP contribution in [0.15, 0.2) is 77.2 Å². The van der Waals surface area contributed by atoms with Gasteiger partial charge in [-0.15, -0.1) is 0 Å². The summed E-state index contributed by atoms with van der Waals surface area (Å²) < 4.78 is 13.3. The summed E-state index contributed by atoms with van der Waals surface area (Å²) in [7, 11) is 0. The molecule has 0 aliphatic rings. The summed E-state index contributed by atoms with van der Waals surface area (Å²) in [6.45, 7) is 0. The largest absolute Gasteiger partial charge is 0.456 e. The number of hydrogen-bond acceptors (Lipinski definition) is 5. The van der Waals surface area contributed by atoms with Gasteiger partial charge >= 0.3 is 6.01 Å². The van der Waals surface area contributed by atoms with E-state index in [9.17, 15) is 0 Å². The van der Waals surface area contributed by atoms with Crippen molar-refractivity contribution in [3.8, 4) is 17.4 Å². The second-order valence-electron chi connectivity index (χ2n) is 5.57. The SMILES string of the molecule is c1ccc(-n2nnnc2Oc2ccc3oc4ccccc4c3c2)cc1. The molecule has 2 heterocycles. The monoisotopic (exact) mass is 328 g/mol. The average Bonchev–Trinajstić information content (AvgIpc) is 3.27. The number of ether oxygens (including phenoxy) is 1. The number of furan rings is 1. The molecule has 0 fully saturated rings. The third-order valence-electron chi connectivity index (χ3n) is 4.00. The Morgan fingerprint density at radius 1 is 0.800 bits per heavy atom. The van der Waals surface area contributed by atoms with Crippen molar-refractivity contribution in [1.29, 1.82) is 0 Å². The van der Waals surface area contributed by atoms with Crippen LogP contribution in [0.1, 0.15) is 0 Å². The Bertz CT molecular complexity index is 1180. The maximum atomic E-state index is 5.92. The van der Waals surface area contributed by atoms with Gasteiger partial charge in [-0.1, -0.05) is 41.5 Å². The highest BCUT2D eigenvalue weighted by atomic mass is 16.5. The van der Waals surface area contributed by atoms with E-state index in [4.69, 9.17) is 9.15 Å². The maximum absolute atomic E-state index is 5.92. The zero-order valence-corrected chi connectivity index (χ0v) is 13.0. The molecule has 0 spiro atoms. The standard InChI is InChI=1S/C19H12N4O2/c1-2-6-13(7-3-1)23-19(20-21-22-23)24-14-10-11-18-16(12-14)15-8-4-5-9-17(15)25-18/h1-12H. The number of rotatable bonds is 3. The maximum Gasteiger partial charge on any atom is 0.345 e. The smallest absolute Gasteiger partial charge is 0.345 e. The topological polar surface area (TPSA) is 66.0 Å². The van der Waals surface area contributed by atoms with E-state index in [1.54, 1.807) is 4.68 Å². The van der Waals surface area contributed by atoms with Crippen LogP contribution in [-0.4, -0.2) is 20.2 Å². The minimum Gasteiger partial charge on any atom is -0.456 e. The first-order valence-corrected chi connectivity index (χ1v) is 7.81. The molecule has 0 saturated carbocycles. The highest BCUT2D eigenvalue weighted by Gasteiger charge is 2.12. The van der Waals surface area contributed by atoms with Gasteiger partial charge in [0.2, 0.25) is 0 Å². The molecule has 6 nitrogen and oxygen atoms in total. The molecule has 5 rings (SSSR count). The Balaban J connectivity index is 1.57. The predicted octanol–water partition coefficient (Wildman–Crippen LogP) is 4.35. The van der Waals surface area contributed by atoms with Crippen LogP contribution in [-0.2, 0) is 0 Å². The Hall–Kier alpha value is -3.67. The fourth-order valence-electron chi connectivity index (χ4n) is 2.85. The number of tetrazole rings is 1. The molecule has 0 bridgehead atoms. The molecule has 0 N–H and O–H groups in total. The van der Waals surface area contributed by atoms with Crippen molar-refractivity contribution in [2.75, 3.05) is 0 Å². The number of hydrogen-bond donors (Lipinski definition) is 0. The minimum atomic E-state index is 0.304. The zero-order chi connectivity index (χ0) is 16.6. The number of aromatic nitrogens is 4. The molecular formula is C19H12N4O2. The average molecular weight is 328 g/mol. The Morgan fingerprint density at radius 2 is 1.60 bits per heavy atom. The summed E-state index contributed by atoms with van der Waals surface area (Å²) in [5.74, 6) is 0.644. The normalized spacial score (nSPS) is 11.2. The van der Waals surface area contributed by atoms with Crippen molar-refractivity contribution < 1.29 is 9.15 Å². The Labute approximate surface area is 142 Å². The summed E-state index contributed by atoms with van der Waals surface area (Å²) in [5.41, 5.74) is 2.50. The molecular weight excluding hydrogens is 316 g/mol. The number of fused-ring (bicyclic) bond motifs is 3. The third kappa shape index (κ3) is 2.31. The molecule has 0 unspecified atom stereocenters. The van der Waals surface area contributed by atoms with E-state index in [1.165, 1.54) is 0 Å². The highest BCUT2D eigenvalue weighted by Crippen LogP contribution is 2.32. The molecule has 120 valence electrons. The van der Waals surface area contributed by atoms with Crippen molar-refractivity contribution >= 4 is 21.9 Å². The minimum absolute atomic E-state index is 0.304. The molecule has 0 atom stereocenters. The van der Waals surface area contributed by atoms with Gasteiger partial charge in [-0.3, -0.25) is 0 Å². The quantitative estimate of drug-likeness (QED) is 0.492. The molecule has 6 heteroatoms. The summed E-state index contributed by atoms with van der Waals surface area (Å²) in [4.78, 5) is 0. The lowest BCUT2D eigenvalue weighted by molar-refractivity contribution is 0.427. The Kier molecular flexibility index (Phi) is 3.00. The van der Waals surface area contributed by atoms with E-state index in [1.807, 2.05) is 72.8 Å². The summed E-state index contributed by atoms with van der Waals surface area (Å²) in [6, 6.07) is 23.5. The van der Waals surface area contributed by atoms with Gasteiger partial charge in [0.1, 0.15) is 16.9 Å². The fraction of sp³-hybridized carbons (Fsp3) is 0. The van der Waals surface area contributed by atoms with Gasteiger partial charge in [-0.2, -0.15) is 4.68 Å². The van der Waals surface area contributed by atoms with Crippen LogP contribution in [0.25, 0.3) is 27.6 Å². The van der Waals surface area contributed by atoms with Crippen molar-refractivity contribution in [3.05, 3.63) is 72.8 Å². The second-order valence-corrected chi connectivity index (χ2v) is 5.57. The second kappa shape index (κ2) is 5.45. The number of benzene rings is 3. The van der Waals surface area contributed by atoms with Gasteiger partial charge in [0, 0.05) is 10.8 Å². The highest BCUT2D eigenvalue weighted by molar-refractivity contribution is 6.05. The number of nitrogens with zero attached hydrogens (tertiary/aromatic N) is 4. The first-order chi connectivity index (χ1) is 12.4. The third-order valence-corrected chi connectivity index (χ3v) is 4.00. The van der Waals surface area contributed by atoms with E-state index < -0.39 is 0 Å². The van der Waals surface area contributed by atoms with Crippen LogP contribution in [0, 0.1) is 0 Å². The van der Waals surface area contributed by atoms with E-state index >= 15 is 0 Å². The summed E-state index contributed by atoms with van der Waals surface area (Å²) in [6.07, 6.45) is 0. The van der Waals surface area contributed by atoms with Gasteiger partial charge in [-0.25, -0.2) is 0 Å². The summed E-state index contributed by atoms with van der Waals surface area (Å²) >= 11 is 0. The molecule has 2 aromatic heterocycles. The van der Waals surface area contributed by atoms with Gasteiger partial charge in [-0.05, 0) is 46.8 Å². The van der Waals surface area contributed by atoms with Crippen molar-refractivity contribution in [1.82, 2.24) is 20.2 Å². The lowest BCUT2D eigenvalue weighted by Crippen LogP contribution is -1.99. The van der Waals surface area contributed by atoms with Gasteiger partial charge < -0.3 is 9.15 Å². The van der Waals surface area contributed by atoms with Crippen molar-refractivity contribution in [2.45, 2.75) is 0 Å². The van der Waals surface area contributed by atoms with Crippen LogP contribution >= 0.6 is 0 Å². The van der Waals surface area contributed by atoms with Crippen LogP contribution in [0.3, 0.4) is 0 Å². The summed E-state index contributed by atoms with van der Waals surface area (Å²) in [5, 5.41) is 13.7. The Morgan fingerprint density at radius 3 is 2.52 bits per heavy atom. The molecule has 5 aromatic rings. The van der Waals surface area contributed by atoms with Crippen LogP contribution in [0.2, 0.25) is 0 Å². The molecule has 0 amide bonds. The molecule has 3 aromatic carbocycles. The number of para-hydroxylation sites is 2. The lowest BCUT2D eigenvalue weighted by Gasteiger charge is -2.06. The molecule has 0 saturated heterocycles. The molecule has 0 aliphatic heterocycles. The van der Waals surface area contributed by atoms with E-state index in [0.29, 0.717) is 11.8 Å². The first-order valence-electron chi connectivity index (χ1n) is 7.81. The predicted molar refractivity (Wildman–Crippen MR) is 92.9 cm³/mol. The van der Waals surface area contributed by atoms with E-state index in [2.05, 4.69) is 15.5 Å². The van der Waals surface area contributed by atoms with Crippen LogP contribution in [0.5, 0.6) is 11.8 Å². The van der Waals surface area contributed by atoms with Crippen LogP contribution < -0.4 is 4.74 Å². The van der Waals surface area contributed by atoms with E-state index in [0.717, 1.165) is 27.6 Å². The van der Waals surface area contributed by atoms with Gasteiger partial charge in [0.25, 0.3) is 0 Å². The zero-order valence-electron chi connectivity index (χ0n) is 13.0. The van der Waals surface area contributed by atoms with Gasteiger partial charge in [0.05, 0.1) is 5.69 Å². The first kappa shape index (κ1) is 13.7. The van der Waals surface area contributed by atoms with Crippen molar-refractivity contribution in [2.24, 2.45) is 0 Å². The lowest BCUT2D eigenvalue weighted by atomic mass is 10.1. The molecule has 0 aliphatic carbocycles. The fourth-order valence-corrected chi connectivity index (χ4v) is 2.85. The van der Waals surface area contributed by atoms with E-state index in [-0.39, 0.29) is 0 Å². The molecule has 0 radical (unpaired) electrons. The van der Waals surface area contributed by atoms with Gasteiger partial charge in [0.15, 0.2) is 0 Å².